The molecule has 116 valence electrons. The average Bonchev–Trinajstić information content (AvgIpc) is 2.96. The molecule has 0 saturated heterocycles. The Morgan fingerprint density at radius 3 is 2.77 bits per heavy atom. The van der Waals surface area contributed by atoms with Gasteiger partial charge in [0.25, 0.3) is 5.91 Å². The topological polar surface area (TPSA) is 62.2 Å². The Balaban J connectivity index is 1.85. The van der Waals surface area contributed by atoms with Crippen molar-refractivity contribution in [2.45, 2.75) is 25.0 Å². The Bertz CT molecular complexity index is 672. The molecule has 1 amide bonds. The van der Waals surface area contributed by atoms with Crippen LogP contribution in [0.4, 0.5) is 8.78 Å². The van der Waals surface area contributed by atoms with Crippen LogP contribution < -0.4 is 5.32 Å². The van der Waals surface area contributed by atoms with E-state index in [-0.39, 0.29) is 17.2 Å². The van der Waals surface area contributed by atoms with Crippen LogP contribution >= 0.6 is 11.3 Å². The molecule has 1 fully saturated rings. The molecule has 0 unspecified atom stereocenters. The number of carbonyl (C=O) groups is 1. The number of thiazole rings is 1. The van der Waals surface area contributed by atoms with Gasteiger partial charge >= 0.3 is 0 Å². The summed E-state index contributed by atoms with van der Waals surface area (Å²) in [6, 6.07) is 2.68. The summed E-state index contributed by atoms with van der Waals surface area (Å²) in [4.78, 5) is 16.1. The first-order valence-electron chi connectivity index (χ1n) is 6.86. The number of hydrogen-bond donors (Lipinski definition) is 2. The molecule has 0 spiro atoms. The van der Waals surface area contributed by atoms with E-state index in [1.807, 2.05) is 0 Å². The van der Waals surface area contributed by atoms with E-state index in [1.165, 1.54) is 22.9 Å². The normalized spacial score (nSPS) is 22.0. The van der Waals surface area contributed by atoms with E-state index in [0.717, 1.165) is 12.1 Å². The van der Waals surface area contributed by atoms with Crippen LogP contribution in [0, 0.1) is 17.6 Å². The Morgan fingerprint density at radius 2 is 2.18 bits per heavy atom. The molecule has 1 saturated carbocycles. The first-order chi connectivity index (χ1) is 10.5. The second kappa shape index (κ2) is 6.10. The SMILES string of the molecule is O=C(N[C@@H](c1ccc(F)cc1F)C1CC(O)C1)c1cscn1. The molecule has 1 aliphatic carbocycles. The lowest BCUT2D eigenvalue weighted by Crippen LogP contribution is -2.41. The van der Waals surface area contributed by atoms with Crippen LogP contribution in [0.1, 0.15) is 34.9 Å². The van der Waals surface area contributed by atoms with Gasteiger partial charge in [0.1, 0.15) is 17.3 Å². The smallest absolute Gasteiger partial charge is 0.271 e. The van der Waals surface area contributed by atoms with Crippen molar-refractivity contribution in [3.05, 3.63) is 52.0 Å². The van der Waals surface area contributed by atoms with Gasteiger partial charge in [-0.2, -0.15) is 0 Å². The van der Waals surface area contributed by atoms with Gasteiger partial charge in [0, 0.05) is 17.0 Å². The van der Waals surface area contributed by atoms with E-state index < -0.39 is 29.7 Å². The van der Waals surface area contributed by atoms with Gasteiger partial charge in [0.15, 0.2) is 0 Å². The van der Waals surface area contributed by atoms with Gasteiger partial charge in [-0.15, -0.1) is 11.3 Å². The second-order valence-electron chi connectivity index (χ2n) is 5.38. The molecule has 0 bridgehead atoms. The summed E-state index contributed by atoms with van der Waals surface area (Å²) in [6.45, 7) is 0. The van der Waals surface area contributed by atoms with Gasteiger partial charge < -0.3 is 10.4 Å². The van der Waals surface area contributed by atoms with Crippen molar-refractivity contribution in [2.24, 2.45) is 5.92 Å². The zero-order valence-corrected chi connectivity index (χ0v) is 12.3. The van der Waals surface area contributed by atoms with Gasteiger partial charge in [0.2, 0.25) is 0 Å². The minimum atomic E-state index is -0.704. The fraction of sp³-hybridized carbons (Fsp3) is 0.333. The third kappa shape index (κ3) is 3.00. The van der Waals surface area contributed by atoms with E-state index in [1.54, 1.807) is 5.38 Å². The standard InChI is InChI=1S/C15H14F2N2O2S/c16-9-1-2-11(12(17)5-9)14(8-3-10(20)4-8)19-15(21)13-6-22-7-18-13/h1-2,5-8,10,14,20H,3-4H2,(H,19,21)/t8?,10?,14-/m1/s1. The number of aromatic nitrogens is 1. The van der Waals surface area contributed by atoms with Crippen molar-refractivity contribution in [3.63, 3.8) is 0 Å². The number of hydrogen-bond acceptors (Lipinski definition) is 4. The van der Waals surface area contributed by atoms with Crippen LogP contribution in [0.2, 0.25) is 0 Å². The largest absolute Gasteiger partial charge is 0.393 e. The fourth-order valence-electron chi connectivity index (χ4n) is 2.65. The van der Waals surface area contributed by atoms with Gasteiger partial charge in [-0.1, -0.05) is 6.07 Å². The van der Waals surface area contributed by atoms with E-state index in [4.69, 9.17) is 0 Å². The predicted octanol–water partition coefficient (Wildman–Crippen LogP) is 2.66. The Hall–Kier alpha value is -1.86. The van der Waals surface area contributed by atoms with Crippen molar-refractivity contribution < 1.29 is 18.7 Å². The van der Waals surface area contributed by atoms with E-state index >= 15 is 0 Å². The number of amides is 1. The highest BCUT2D eigenvalue weighted by Gasteiger charge is 2.37. The Labute approximate surface area is 129 Å². The predicted molar refractivity (Wildman–Crippen MR) is 77.4 cm³/mol. The molecule has 2 aromatic rings. The van der Waals surface area contributed by atoms with Gasteiger partial charge in [0.05, 0.1) is 17.7 Å². The maximum absolute atomic E-state index is 14.0. The quantitative estimate of drug-likeness (QED) is 0.909. The van der Waals surface area contributed by atoms with Crippen LogP contribution in [0.15, 0.2) is 29.1 Å². The summed E-state index contributed by atoms with van der Waals surface area (Å²) in [5, 5.41) is 13.8. The molecule has 3 rings (SSSR count). The number of aliphatic hydroxyl groups is 1. The molecule has 1 aromatic heterocycles. The number of halogens is 2. The fourth-order valence-corrected chi connectivity index (χ4v) is 3.18. The Kier molecular flexibility index (Phi) is 4.17. The third-order valence-corrected chi connectivity index (χ3v) is 4.46. The molecule has 0 aliphatic heterocycles. The Morgan fingerprint density at radius 1 is 1.41 bits per heavy atom. The van der Waals surface area contributed by atoms with Gasteiger partial charge in [-0.3, -0.25) is 4.79 Å². The minimum absolute atomic E-state index is 0.0856. The molecular weight excluding hydrogens is 310 g/mol. The molecule has 1 aromatic carbocycles. The van der Waals surface area contributed by atoms with Crippen LogP contribution in [-0.2, 0) is 0 Å². The highest BCUT2D eigenvalue weighted by atomic mass is 32.1. The molecule has 1 heterocycles. The first-order valence-corrected chi connectivity index (χ1v) is 7.81. The summed E-state index contributed by atoms with van der Waals surface area (Å²) >= 11 is 1.29. The maximum atomic E-state index is 14.0. The van der Waals surface area contributed by atoms with Crippen molar-refractivity contribution in [2.75, 3.05) is 0 Å². The summed E-state index contributed by atoms with van der Waals surface area (Å²) < 4.78 is 27.1. The highest BCUT2D eigenvalue weighted by molar-refractivity contribution is 7.07. The number of benzene rings is 1. The molecule has 1 aliphatic rings. The van der Waals surface area contributed by atoms with E-state index in [0.29, 0.717) is 12.8 Å². The highest BCUT2D eigenvalue weighted by Crippen LogP contribution is 2.39. The van der Waals surface area contributed by atoms with Crippen molar-refractivity contribution in [1.29, 1.82) is 0 Å². The lowest BCUT2D eigenvalue weighted by atomic mass is 9.75. The molecule has 22 heavy (non-hydrogen) atoms. The molecule has 2 N–H and O–H groups in total. The van der Waals surface area contributed by atoms with Gasteiger partial charge in [-0.05, 0) is 24.8 Å². The van der Waals surface area contributed by atoms with Crippen molar-refractivity contribution >= 4 is 17.2 Å². The van der Waals surface area contributed by atoms with Crippen LogP contribution in [0.25, 0.3) is 0 Å². The molecule has 7 heteroatoms. The summed E-state index contributed by atoms with van der Waals surface area (Å²) in [5.74, 6) is -1.86. The molecule has 1 atom stereocenters. The first kappa shape index (κ1) is 15.1. The van der Waals surface area contributed by atoms with E-state index in [9.17, 15) is 18.7 Å². The number of rotatable bonds is 4. The van der Waals surface area contributed by atoms with Crippen molar-refractivity contribution in [1.82, 2.24) is 10.3 Å². The second-order valence-corrected chi connectivity index (χ2v) is 6.09. The molecule has 0 radical (unpaired) electrons. The number of aliphatic hydroxyl groups excluding tert-OH is 1. The zero-order chi connectivity index (χ0) is 15.7. The number of nitrogens with zero attached hydrogens (tertiary/aromatic N) is 1. The maximum Gasteiger partial charge on any atom is 0.271 e. The number of carbonyl (C=O) groups excluding carboxylic acids is 1. The third-order valence-electron chi connectivity index (χ3n) is 3.87. The van der Waals surface area contributed by atoms with E-state index in [2.05, 4.69) is 10.3 Å². The summed E-state index contributed by atoms with van der Waals surface area (Å²) in [6.07, 6.45) is 0.504. The lowest BCUT2D eigenvalue weighted by Gasteiger charge is -2.38. The van der Waals surface area contributed by atoms with Gasteiger partial charge in [-0.25, -0.2) is 13.8 Å². The van der Waals surface area contributed by atoms with Crippen molar-refractivity contribution in [3.8, 4) is 0 Å². The number of nitrogens with one attached hydrogen (secondary N) is 1. The lowest BCUT2D eigenvalue weighted by molar-refractivity contribution is 0.0228. The minimum Gasteiger partial charge on any atom is -0.393 e. The zero-order valence-electron chi connectivity index (χ0n) is 11.5. The monoisotopic (exact) mass is 324 g/mol. The molecule has 4 nitrogen and oxygen atoms in total. The summed E-state index contributed by atoms with van der Waals surface area (Å²) in [5.41, 5.74) is 2.02. The van der Waals surface area contributed by atoms with Crippen LogP contribution in [0.5, 0.6) is 0 Å². The summed E-state index contributed by atoms with van der Waals surface area (Å²) in [7, 11) is 0. The van der Waals surface area contributed by atoms with Crippen LogP contribution in [-0.4, -0.2) is 22.1 Å². The average molecular weight is 324 g/mol. The molecular formula is C15H14F2N2O2S. The van der Waals surface area contributed by atoms with Crippen LogP contribution in [0.3, 0.4) is 0 Å².